The van der Waals surface area contributed by atoms with Gasteiger partial charge in [-0.3, -0.25) is 9.89 Å². The second-order valence-electron chi connectivity index (χ2n) is 7.08. The molecule has 0 spiro atoms. The van der Waals surface area contributed by atoms with Crippen LogP contribution >= 0.6 is 0 Å². The van der Waals surface area contributed by atoms with Gasteiger partial charge in [-0.05, 0) is 29.8 Å². The molecule has 0 saturated carbocycles. The number of halogens is 2. The van der Waals surface area contributed by atoms with Gasteiger partial charge < -0.3 is 5.32 Å². The Morgan fingerprint density at radius 2 is 1.81 bits per heavy atom. The Labute approximate surface area is 149 Å². The highest BCUT2D eigenvalue weighted by Crippen LogP contribution is 2.27. The lowest BCUT2D eigenvalue weighted by Crippen LogP contribution is -2.28. The highest BCUT2D eigenvalue weighted by molar-refractivity contribution is 5.98. The zero-order valence-corrected chi connectivity index (χ0v) is 14.7. The Balaban J connectivity index is 1.94. The highest BCUT2D eigenvalue weighted by Gasteiger charge is 2.22. The van der Waals surface area contributed by atoms with Crippen molar-refractivity contribution in [2.75, 3.05) is 5.32 Å². The van der Waals surface area contributed by atoms with Gasteiger partial charge in [0, 0.05) is 16.9 Å². The molecule has 0 aliphatic heterocycles. The van der Waals surface area contributed by atoms with E-state index >= 15 is 0 Å². The van der Waals surface area contributed by atoms with Gasteiger partial charge in [0.1, 0.15) is 11.6 Å². The van der Waals surface area contributed by atoms with Crippen LogP contribution in [0, 0.1) is 17.0 Å². The van der Waals surface area contributed by atoms with Crippen molar-refractivity contribution < 1.29 is 13.6 Å². The van der Waals surface area contributed by atoms with Crippen molar-refractivity contribution >= 4 is 34.6 Å². The number of fused-ring (bicyclic) bond motifs is 1. The lowest BCUT2D eigenvalue weighted by atomic mass is 9.95. The van der Waals surface area contributed by atoms with Crippen molar-refractivity contribution in [2.24, 2.45) is 5.41 Å². The van der Waals surface area contributed by atoms with Crippen LogP contribution in [0.1, 0.15) is 32.0 Å². The zero-order valence-electron chi connectivity index (χ0n) is 14.7. The normalized spacial score (nSPS) is 12.0. The van der Waals surface area contributed by atoms with E-state index in [9.17, 15) is 13.6 Å². The molecule has 4 nitrogen and oxygen atoms in total. The minimum atomic E-state index is -0.636. The number of benzene rings is 2. The number of nitrogens with zero attached hydrogens (tertiary/aromatic N) is 1. The third-order valence-corrected chi connectivity index (χ3v) is 3.91. The molecule has 0 aliphatic rings. The molecule has 3 rings (SSSR count). The molecule has 1 heterocycles. The van der Waals surface area contributed by atoms with Crippen LogP contribution in [0.15, 0.2) is 36.4 Å². The summed E-state index contributed by atoms with van der Waals surface area (Å²) in [5, 5.41) is 10.2. The van der Waals surface area contributed by atoms with E-state index in [-0.39, 0.29) is 17.4 Å². The third-order valence-electron chi connectivity index (χ3n) is 3.91. The maximum atomic E-state index is 14.2. The quantitative estimate of drug-likeness (QED) is 0.695. The predicted octanol–water partition coefficient (Wildman–Crippen LogP) is 5.00. The van der Waals surface area contributed by atoms with Gasteiger partial charge in [-0.25, -0.2) is 8.78 Å². The Kier molecular flexibility index (Phi) is 4.59. The standard InChI is InChI=1S/C20H19F2N3O/c1-20(2,3)19(26)23-18-10-14-16(24-25-17(14)11-15(18)22)9-6-12-4-7-13(21)8-5-12/h4-11H,1-3H3,(H,23,26)(H,24,25). The van der Waals surface area contributed by atoms with Crippen LogP contribution < -0.4 is 5.32 Å². The number of aromatic amines is 1. The molecule has 3 aromatic rings. The van der Waals surface area contributed by atoms with E-state index < -0.39 is 11.2 Å². The van der Waals surface area contributed by atoms with Crippen LogP contribution in [0.25, 0.3) is 23.1 Å². The van der Waals surface area contributed by atoms with Crippen molar-refractivity contribution in [3.05, 3.63) is 59.3 Å². The minimum absolute atomic E-state index is 0.107. The molecule has 1 aromatic heterocycles. The number of hydrogen-bond donors (Lipinski definition) is 2. The van der Waals surface area contributed by atoms with Gasteiger partial charge in [-0.15, -0.1) is 0 Å². The average molecular weight is 355 g/mol. The largest absolute Gasteiger partial charge is 0.323 e. The summed E-state index contributed by atoms with van der Waals surface area (Å²) in [5.74, 6) is -1.11. The smallest absolute Gasteiger partial charge is 0.229 e. The molecule has 0 atom stereocenters. The van der Waals surface area contributed by atoms with Gasteiger partial charge in [0.2, 0.25) is 5.91 Å². The number of carbonyl (C=O) groups is 1. The molecular formula is C20H19F2N3O. The predicted molar refractivity (Wildman–Crippen MR) is 99.5 cm³/mol. The van der Waals surface area contributed by atoms with E-state index in [0.717, 1.165) is 5.56 Å². The molecule has 0 radical (unpaired) electrons. The molecule has 2 N–H and O–H groups in total. The summed E-state index contributed by atoms with van der Waals surface area (Å²) in [6.45, 7) is 5.27. The summed E-state index contributed by atoms with van der Waals surface area (Å²) in [6.07, 6.45) is 3.53. The van der Waals surface area contributed by atoms with E-state index in [1.54, 1.807) is 51.1 Å². The molecule has 6 heteroatoms. The Bertz CT molecular complexity index is 983. The first-order chi connectivity index (χ1) is 12.2. The number of amides is 1. The second kappa shape index (κ2) is 6.71. The van der Waals surface area contributed by atoms with Crippen LogP contribution in [0.3, 0.4) is 0 Å². The lowest BCUT2D eigenvalue weighted by Gasteiger charge is -2.18. The first-order valence-corrected chi connectivity index (χ1v) is 8.17. The van der Waals surface area contributed by atoms with Gasteiger partial charge in [0.15, 0.2) is 0 Å². The maximum Gasteiger partial charge on any atom is 0.229 e. The molecule has 134 valence electrons. The Morgan fingerprint density at radius 1 is 1.12 bits per heavy atom. The number of aromatic nitrogens is 2. The summed E-state index contributed by atoms with van der Waals surface area (Å²) in [4.78, 5) is 12.1. The second-order valence-corrected chi connectivity index (χ2v) is 7.08. The van der Waals surface area contributed by atoms with E-state index in [0.29, 0.717) is 16.6 Å². The fourth-order valence-corrected chi connectivity index (χ4v) is 2.34. The average Bonchev–Trinajstić information content (AvgIpc) is 2.95. The number of carbonyl (C=O) groups excluding carboxylic acids is 1. The SMILES string of the molecule is CC(C)(C)C(=O)Nc1cc2c(C=Cc3ccc(F)cc3)n[nH]c2cc1F. The summed E-state index contributed by atoms with van der Waals surface area (Å²) < 4.78 is 27.2. The van der Waals surface area contributed by atoms with Crippen molar-refractivity contribution in [2.45, 2.75) is 20.8 Å². The maximum absolute atomic E-state index is 14.2. The number of hydrogen-bond acceptors (Lipinski definition) is 2. The summed E-state index contributed by atoms with van der Waals surface area (Å²) in [5.41, 5.74) is 1.40. The fourth-order valence-electron chi connectivity index (χ4n) is 2.34. The number of rotatable bonds is 3. The van der Waals surface area contributed by atoms with Crippen LogP contribution in [0.2, 0.25) is 0 Å². The number of nitrogens with one attached hydrogen (secondary N) is 2. The Morgan fingerprint density at radius 3 is 2.46 bits per heavy atom. The topological polar surface area (TPSA) is 57.8 Å². The lowest BCUT2D eigenvalue weighted by molar-refractivity contribution is -0.123. The monoisotopic (exact) mass is 355 g/mol. The summed E-state index contributed by atoms with van der Waals surface area (Å²) in [6, 6.07) is 8.90. The molecule has 0 unspecified atom stereocenters. The van der Waals surface area contributed by atoms with Gasteiger partial charge in [-0.2, -0.15) is 5.10 Å². The van der Waals surface area contributed by atoms with E-state index in [1.165, 1.54) is 18.2 Å². The van der Waals surface area contributed by atoms with E-state index in [2.05, 4.69) is 15.5 Å². The van der Waals surface area contributed by atoms with Gasteiger partial charge in [0.05, 0.1) is 16.9 Å². The van der Waals surface area contributed by atoms with Crippen LogP contribution in [0.4, 0.5) is 14.5 Å². The molecule has 0 saturated heterocycles. The zero-order chi connectivity index (χ0) is 18.9. The minimum Gasteiger partial charge on any atom is -0.323 e. The number of H-pyrrole nitrogens is 1. The van der Waals surface area contributed by atoms with Crippen LogP contribution in [-0.4, -0.2) is 16.1 Å². The van der Waals surface area contributed by atoms with Gasteiger partial charge in [0.25, 0.3) is 0 Å². The number of anilines is 1. The van der Waals surface area contributed by atoms with Crippen molar-refractivity contribution in [3.8, 4) is 0 Å². The molecular weight excluding hydrogens is 336 g/mol. The molecule has 1 amide bonds. The van der Waals surface area contributed by atoms with Crippen molar-refractivity contribution in [1.82, 2.24) is 10.2 Å². The van der Waals surface area contributed by atoms with Gasteiger partial charge >= 0.3 is 0 Å². The molecule has 0 bridgehead atoms. The van der Waals surface area contributed by atoms with E-state index in [1.807, 2.05) is 0 Å². The Hall–Kier alpha value is -3.02. The molecule has 0 aliphatic carbocycles. The first kappa shape index (κ1) is 17.8. The van der Waals surface area contributed by atoms with Crippen molar-refractivity contribution in [1.29, 1.82) is 0 Å². The van der Waals surface area contributed by atoms with Crippen molar-refractivity contribution in [3.63, 3.8) is 0 Å². The molecule has 0 fully saturated rings. The fraction of sp³-hybridized carbons (Fsp3) is 0.200. The van der Waals surface area contributed by atoms with Gasteiger partial charge in [-0.1, -0.05) is 39.0 Å². The van der Waals surface area contributed by atoms with Crippen LogP contribution in [0.5, 0.6) is 0 Å². The highest BCUT2D eigenvalue weighted by atomic mass is 19.1. The summed E-state index contributed by atoms with van der Waals surface area (Å²) in [7, 11) is 0. The van der Waals surface area contributed by atoms with E-state index in [4.69, 9.17) is 0 Å². The first-order valence-electron chi connectivity index (χ1n) is 8.17. The third kappa shape index (κ3) is 3.79. The van der Waals surface area contributed by atoms with Crippen LogP contribution in [-0.2, 0) is 4.79 Å². The summed E-state index contributed by atoms with van der Waals surface area (Å²) >= 11 is 0. The molecule has 26 heavy (non-hydrogen) atoms. The molecule has 2 aromatic carbocycles.